The first kappa shape index (κ1) is 14.5. The van der Waals surface area contributed by atoms with Gasteiger partial charge in [0.05, 0.1) is 25.3 Å². The number of likely N-dealkylation sites (N-methyl/N-ethyl adjacent to an activating group) is 1. The van der Waals surface area contributed by atoms with Crippen LogP contribution in [0.3, 0.4) is 0 Å². The van der Waals surface area contributed by atoms with Crippen LogP contribution in [0.1, 0.15) is 6.92 Å². The van der Waals surface area contributed by atoms with Crippen molar-refractivity contribution in [3.63, 3.8) is 0 Å². The molecule has 0 atom stereocenters. The lowest BCUT2D eigenvalue weighted by Crippen LogP contribution is -2.54. The van der Waals surface area contributed by atoms with Crippen LogP contribution < -0.4 is 10.2 Å². The molecule has 1 aromatic carbocycles. The second-order valence-electron chi connectivity index (χ2n) is 4.62. The Bertz CT molecular complexity index is 377. The molecule has 1 amide bonds. The molecule has 0 radical (unpaired) electrons. The third kappa shape index (κ3) is 4.01. The van der Waals surface area contributed by atoms with Crippen LogP contribution in [-0.4, -0.2) is 48.5 Å². The molecule has 3 N–H and O–H groups in total. The van der Waals surface area contributed by atoms with Crippen LogP contribution in [0.25, 0.3) is 0 Å². The molecule has 0 aliphatic heterocycles. The zero-order chi connectivity index (χ0) is 13.6. The van der Waals surface area contributed by atoms with E-state index in [1.54, 1.807) is 11.8 Å². The number of hydrogen-bond acceptors (Lipinski definition) is 4. The molecule has 1 aromatic rings. The Balaban J connectivity index is 2.55. The van der Waals surface area contributed by atoms with Gasteiger partial charge in [-0.15, -0.1) is 0 Å². The number of hydrogen-bond donors (Lipinski definition) is 3. The molecule has 5 nitrogen and oxygen atoms in total. The van der Waals surface area contributed by atoms with Crippen LogP contribution in [0.15, 0.2) is 30.3 Å². The molecule has 5 heteroatoms. The second kappa shape index (κ2) is 6.37. The first-order valence-corrected chi connectivity index (χ1v) is 5.79. The number of carbonyl (C=O) groups excluding carboxylic acids is 1. The first-order valence-electron chi connectivity index (χ1n) is 5.79. The standard InChI is InChI=1S/C13H20N2O3/c1-13(9-16,10-17)14-12(18)8-15(2)11-6-4-3-5-7-11/h3-7,16-17H,8-10H2,1-2H3,(H,14,18). The third-order valence-corrected chi connectivity index (χ3v) is 2.72. The van der Waals surface area contributed by atoms with E-state index in [1.165, 1.54) is 0 Å². The summed E-state index contributed by atoms with van der Waals surface area (Å²) in [6, 6.07) is 9.52. The minimum Gasteiger partial charge on any atom is -0.394 e. The minimum absolute atomic E-state index is 0.166. The van der Waals surface area contributed by atoms with Crippen molar-refractivity contribution in [3.8, 4) is 0 Å². The summed E-state index contributed by atoms with van der Waals surface area (Å²) in [5.74, 6) is -0.244. The van der Waals surface area contributed by atoms with Crippen molar-refractivity contribution >= 4 is 11.6 Å². The fourth-order valence-electron chi connectivity index (χ4n) is 1.49. The fourth-order valence-corrected chi connectivity index (χ4v) is 1.49. The highest BCUT2D eigenvalue weighted by Crippen LogP contribution is 2.10. The van der Waals surface area contributed by atoms with Crippen molar-refractivity contribution in [1.82, 2.24) is 5.32 Å². The third-order valence-electron chi connectivity index (χ3n) is 2.72. The van der Waals surface area contributed by atoms with Crippen LogP contribution in [0.5, 0.6) is 0 Å². The Morgan fingerprint density at radius 1 is 1.28 bits per heavy atom. The van der Waals surface area contributed by atoms with Crippen molar-refractivity contribution in [2.75, 3.05) is 31.7 Å². The van der Waals surface area contributed by atoms with E-state index in [0.29, 0.717) is 0 Å². The van der Waals surface area contributed by atoms with E-state index in [0.717, 1.165) is 5.69 Å². The molecule has 0 aromatic heterocycles. The number of carbonyl (C=O) groups is 1. The summed E-state index contributed by atoms with van der Waals surface area (Å²) in [5, 5.41) is 20.8. The highest BCUT2D eigenvalue weighted by molar-refractivity contribution is 5.81. The minimum atomic E-state index is -0.978. The lowest BCUT2D eigenvalue weighted by atomic mass is 10.1. The molecule has 0 aliphatic rings. The van der Waals surface area contributed by atoms with Crippen LogP contribution >= 0.6 is 0 Å². The van der Waals surface area contributed by atoms with Crippen LogP contribution in [-0.2, 0) is 4.79 Å². The zero-order valence-corrected chi connectivity index (χ0v) is 10.8. The van der Waals surface area contributed by atoms with Gasteiger partial charge in [0, 0.05) is 12.7 Å². The maximum Gasteiger partial charge on any atom is 0.240 e. The molecular formula is C13H20N2O3. The van der Waals surface area contributed by atoms with Crippen molar-refractivity contribution < 1.29 is 15.0 Å². The number of benzene rings is 1. The van der Waals surface area contributed by atoms with Gasteiger partial charge >= 0.3 is 0 Å². The Kier molecular flexibility index (Phi) is 5.12. The van der Waals surface area contributed by atoms with Crippen LogP contribution in [0, 0.1) is 0 Å². The van der Waals surface area contributed by atoms with Crippen LogP contribution in [0.2, 0.25) is 0 Å². The fraction of sp³-hybridized carbons (Fsp3) is 0.462. The van der Waals surface area contributed by atoms with Gasteiger partial charge < -0.3 is 20.4 Å². The van der Waals surface area contributed by atoms with Crippen molar-refractivity contribution in [1.29, 1.82) is 0 Å². The van der Waals surface area contributed by atoms with Crippen molar-refractivity contribution in [2.24, 2.45) is 0 Å². The molecule has 0 heterocycles. The summed E-state index contributed by atoms with van der Waals surface area (Å²) in [5.41, 5.74) is -0.0448. The average Bonchev–Trinajstić information content (AvgIpc) is 2.39. The molecule has 0 fully saturated rings. The van der Waals surface area contributed by atoms with Gasteiger partial charge in [0.1, 0.15) is 0 Å². The summed E-state index contributed by atoms with van der Waals surface area (Å²) >= 11 is 0. The van der Waals surface area contributed by atoms with E-state index in [1.807, 2.05) is 37.4 Å². The number of anilines is 1. The van der Waals surface area contributed by atoms with Gasteiger partial charge in [0.15, 0.2) is 0 Å². The Labute approximate surface area is 107 Å². The number of para-hydroxylation sites is 1. The van der Waals surface area contributed by atoms with E-state index >= 15 is 0 Å². The number of amides is 1. The SMILES string of the molecule is CN(CC(=O)NC(C)(CO)CO)c1ccccc1. The van der Waals surface area contributed by atoms with Gasteiger partial charge in [-0.3, -0.25) is 4.79 Å². The van der Waals surface area contributed by atoms with Gasteiger partial charge in [-0.25, -0.2) is 0 Å². The molecule has 100 valence electrons. The molecule has 0 saturated heterocycles. The van der Waals surface area contributed by atoms with E-state index in [-0.39, 0.29) is 25.7 Å². The van der Waals surface area contributed by atoms with Gasteiger partial charge in [-0.1, -0.05) is 18.2 Å². The lowest BCUT2D eigenvalue weighted by Gasteiger charge is -2.28. The molecule has 0 aliphatic carbocycles. The number of aliphatic hydroxyl groups is 2. The number of rotatable bonds is 6. The van der Waals surface area contributed by atoms with E-state index in [2.05, 4.69) is 5.32 Å². The van der Waals surface area contributed by atoms with Gasteiger partial charge in [-0.2, -0.15) is 0 Å². The van der Waals surface area contributed by atoms with Gasteiger partial charge in [0.25, 0.3) is 0 Å². The normalized spacial score (nSPS) is 11.1. The molecule has 18 heavy (non-hydrogen) atoms. The van der Waals surface area contributed by atoms with Crippen molar-refractivity contribution in [2.45, 2.75) is 12.5 Å². The molecular weight excluding hydrogens is 232 g/mol. The molecule has 0 bridgehead atoms. The maximum atomic E-state index is 11.8. The van der Waals surface area contributed by atoms with E-state index in [9.17, 15) is 4.79 Å². The van der Waals surface area contributed by atoms with E-state index < -0.39 is 5.54 Å². The first-order chi connectivity index (χ1) is 8.50. The Morgan fingerprint density at radius 3 is 2.33 bits per heavy atom. The highest BCUT2D eigenvalue weighted by Gasteiger charge is 2.24. The summed E-state index contributed by atoms with van der Waals surface area (Å²) in [4.78, 5) is 13.6. The summed E-state index contributed by atoms with van der Waals surface area (Å²) in [6.45, 7) is 1.15. The zero-order valence-electron chi connectivity index (χ0n) is 10.8. The Morgan fingerprint density at radius 2 is 1.83 bits per heavy atom. The van der Waals surface area contributed by atoms with E-state index in [4.69, 9.17) is 10.2 Å². The predicted octanol–water partition coefficient (Wildman–Crippen LogP) is -0.0177. The molecule has 0 unspecified atom stereocenters. The van der Waals surface area contributed by atoms with Crippen LogP contribution in [0.4, 0.5) is 5.69 Å². The molecule has 1 rings (SSSR count). The summed E-state index contributed by atoms with van der Waals surface area (Å²) in [7, 11) is 1.81. The monoisotopic (exact) mass is 252 g/mol. The molecule has 0 saturated carbocycles. The maximum absolute atomic E-state index is 11.8. The quantitative estimate of drug-likeness (QED) is 0.665. The second-order valence-corrected chi connectivity index (χ2v) is 4.62. The van der Waals surface area contributed by atoms with Gasteiger partial charge in [0.2, 0.25) is 5.91 Å². The number of nitrogens with zero attached hydrogens (tertiary/aromatic N) is 1. The largest absolute Gasteiger partial charge is 0.394 e. The van der Waals surface area contributed by atoms with Gasteiger partial charge in [-0.05, 0) is 19.1 Å². The predicted molar refractivity (Wildman–Crippen MR) is 70.4 cm³/mol. The average molecular weight is 252 g/mol. The molecule has 0 spiro atoms. The Hall–Kier alpha value is -1.59. The summed E-state index contributed by atoms with van der Waals surface area (Å²) in [6.07, 6.45) is 0. The lowest BCUT2D eigenvalue weighted by molar-refractivity contribution is -0.122. The summed E-state index contributed by atoms with van der Waals surface area (Å²) < 4.78 is 0. The topological polar surface area (TPSA) is 72.8 Å². The number of aliphatic hydroxyl groups excluding tert-OH is 2. The highest BCUT2D eigenvalue weighted by atomic mass is 16.3. The van der Waals surface area contributed by atoms with Crippen molar-refractivity contribution in [3.05, 3.63) is 30.3 Å². The number of nitrogens with one attached hydrogen (secondary N) is 1. The smallest absolute Gasteiger partial charge is 0.240 e.